The summed E-state index contributed by atoms with van der Waals surface area (Å²) in [6.45, 7) is 0.103. The smallest absolute Gasteiger partial charge is 0.259 e. The van der Waals surface area contributed by atoms with E-state index in [0.29, 0.717) is 11.3 Å². The van der Waals surface area contributed by atoms with Crippen LogP contribution >= 0.6 is 0 Å². The molecule has 2 aromatic rings. The molecule has 0 saturated carbocycles. The first-order chi connectivity index (χ1) is 10.7. The minimum atomic E-state index is -0.289. The van der Waals surface area contributed by atoms with E-state index in [1.165, 1.54) is 13.3 Å². The Bertz CT molecular complexity index is 657. The Morgan fingerprint density at radius 3 is 2.73 bits per heavy atom. The van der Waals surface area contributed by atoms with Gasteiger partial charge in [0.2, 0.25) is 0 Å². The number of phenols is 1. The summed E-state index contributed by atoms with van der Waals surface area (Å²) in [4.78, 5) is 11.6. The maximum Gasteiger partial charge on any atom is 0.259 e. The first-order valence-electron chi connectivity index (χ1n) is 6.67. The fourth-order valence-corrected chi connectivity index (χ4v) is 1.76. The standard InChI is InChI=1S/C16H17N3O3/c1-22-14-9-5-6-12(16(14)21)10-18-19-15(20)11-17-13-7-3-2-4-8-13/h2-10,17,21H,11H2,1H3,(H,19,20). The van der Waals surface area contributed by atoms with Crippen LogP contribution in [0, 0.1) is 0 Å². The molecule has 6 heteroatoms. The van der Waals surface area contributed by atoms with Gasteiger partial charge in [-0.15, -0.1) is 0 Å². The van der Waals surface area contributed by atoms with Crippen molar-refractivity contribution in [1.29, 1.82) is 0 Å². The highest BCUT2D eigenvalue weighted by molar-refractivity contribution is 5.87. The maximum atomic E-state index is 11.6. The van der Waals surface area contributed by atoms with Gasteiger partial charge >= 0.3 is 0 Å². The Labute approximate surface area is 128 Å². The van der Waals surface area contributed by atoms with Crippen LogP contribution < -0.4 is 15.5 Å². The number of rotatable bonds is 6. The lowest BCUT2D eigenvalue weighted by Gasteiger charge is -2.06. The van der Waals surface area contributed by atoms with E-state index in [1.807, 2.05) is 30.3 Å². The molecule has 22 heavy (non-hydrogen) atoms. The summed E-state index contributed by atoms with van der Waals surface area (Å²) in [5.74, 6) is 0.0360. The Morgan fingerprint density at radius 1 is 1.23 bits per heavy atom. The van der Waals surface area contributed by atoms with Crippen LogP contribution in [0.3, 0.4) is 0 Å². The molecule has 0 atom stereocenters. The molecule has 0 aliphatic heterocycles. The van der Waals surface area contributed by atoms with Gasteiger partial charge in [0.25, 0.3) is 5.91 Å². The molecule has 0 radical (unpaired) electrons. The molecule has 0 saturated heterocycles. The molecule has 0 aliphatic rings. The summed E-state index contributed by atoms with van der Waals surface area (Å²) >= 11 is 0. The zero-order valence-corrected chi connectivity index (χ0v) is 12.1. The predicted molar refractivity (Wildman–Crippen MR) is 85.3 cm³/mol. The highest BCUT2D eigenvalue weighted by atomic mass is 16.5. The van der Waals surface area contributed by atoms with Gasteiger partial charge in [0.05, 0.1) is 19.9 Å². The number of carbonyl (C=O) groups excluding carboxylic acids is 1. The normalized spacial score (nSPS) is 10.4. The molecule has 1 amide bonds. The van der Waals surface area contributed by atoms with Gasteiger partial charge in [0.15, 0.2) is 11.5 Å². The van der Waals surface area contributed by atoms with Gasteiger partial charge < -0.3 is 15.2 Å². The van der Waals surface area contributed by atoms with Gasteiger partial charge in [0.1, 0.15) is 0 Å². The number of hydrogen-bond donors (Lipinski definition) is 3. The summed E-state index contributed by atoms with van der Waals surface area (Å²) in [5, 5.41) is 16.6. The summed E-state index contributed by atoms with van der Waals surface area (Å²) in [6, 6.07) is 14.4. The zero-order valence-electron chi connectivity index (χ0n) is 12.1. The average Bonchev–Trinajstić information content (AvgIpc) is 2.55. The second kappa shape index (κ2) is 7.68. The summed E-state index contributed by atoms with van der Waals surface area (Å²) in [6.07, 6.45) is 1.36. The number of benzene rings is 2. The Morgan fingerprint density at radius 2 is 2.00 bits per heavy atom. The number of nitrogens with zero attached hydrogens (tertiary/aromatic N) is 1. The quantitative estimate of drug-likeness (QED) is 0.562. The molecule has 0 aromatic heterocycles. The van der Waals surface area contributed by atoms with Crippen molar-refractivity contribution in [2.75, 3.05) is 19.0 Å². The van der Waals surface area contributed by atoms with Crippen molar-refractivity contribution in [2.45, 2.75) is 0 Å². The van der Waals surface area contributed by atoms with Gasteiger partial charge in [-0.2, -0.15) is 5.10 Å². The second-order valence-corrected chi connectivity index (χ2v) is 4.41. The molecule has 0 spiro atoms. The monoisotopic (exact) mass is 299 g/mol. The molecule has 3 N–H and O–H groups in total. The first kappa shape index (κ1) is 15.4. The summed E-state index contributed by atoms with van der Waals surface area (Å²) in [5.41, 5.74) is 3.69. The lowest BCUT2D eigenvalue weighted by Crippen LogP contribution is -2.25. The first-order valence-corrected chi connectivity index (χ1v) is 6.67. The minimum Gasteiger partial charge on any atom is -0.504 e. The molecule has 0 fully saturated rings. The number of hydrazone groups is 1. The van der Waals surface area contributed by atoms with Crippen molar-refractivity contribution in [1.82, 2.24) is 5.43 Å². The van der Waals surface area contributed by atoms with E-state index < -0.39 is 0 Å². The van der Waals surface area contributed by atoms with Crippen LogP contribution in [0.2, 0.25) is 0 Å². The maximum absolute atomic E-state index is 11.6. The van der Waals surface area contributed by atoms with Crippen LogP contribution in [0.1, 0.15) is 5.56 Å². The van der Waals surface area contributed by atoms with E-state index >= 15 is 0 Å². The number of amides is 1. The molecule has 114 valence electrons. The van der Waals surface area contributed by atoms with E-state index in [0.717, 1.165) is 5.69 Å². The third-order valence-corrected chi connectivity index (χ3v) is 2.87. The van der Waals surface area contributed by atoms with Crippen molar-refractivity contribution in [3.63, 3.8) is 0 Å². The van der Waals surface area contributed by atoms with E-state index in [9.17, 15) is 9.90 Å². The Hall–Kier alpha value is -3.02. The van der Waals surface area contributed by atoms with Crippen molar-refractivity contribution in [3.8, 4) is 11.5 Å². The number of carbonyl (C=O) groups is 1. The molecule has 2 rings (SSSR count). The van der Waals surface area contributed by atoms with Gasteiger partial charge in [-0.05, 0) is 24.3 Å². The highest BCUT2D eigenvalue weighted by Gasteiger charge is 2.05. The van der Waals surface area contributed by atoms with Crippen LogP contribution in [0.25, 0.3) is 0 Å². The number of ether oxygens (including phenoxy) is 1. The van der Waals surface area contributed by atoms with Crippen LogP contribution in [0.5, 0.6) is 11.5 Å². The molecule has 2 aromatic carbocycles. The zero-order chi connectivity index (χ0) is 15.8. The molecule has 6 nitrogen and oxygen atoms in total. The van der Waals surface area contributed by atoms with E-state index in [2.05, 4.69) is 15.8 Å². The average molecular weight is 299 g/mol. The van der Waals surface area contributed by atoms with Gasteiger partial charge in [0, 0.05) is 11.3 Å². The minimum absolute atomic E-state index is 0.0228. The summed E-state index contributed by atoms with van der Waals surface area (Å²) in [7, 11) is 1.47. The number of phenolic OH excluding ortho intramolecular Hbond substituents is 1. The summed E-state index contributed by atoms with van der Waals surface area (Å²) < 4.78 is 4.99. The lowest BCUT2D eigenvalue weighted by molar-refractivity contribution is -0.119. The van der Waals surface area contributed by atoms with Crippen molar-refractivity contribution in [2.24, 2.45) is 5.10 Å². The van der Waals surface area contributed by atoms with Crippen LogP contribution in [0.4, 0.5) is 5.69 Å². The fraction of sp³-hybridized carbons (Fsp3) is 0.125. The Balaban J connectivity index is 1.86. The molecular weight excluding hydrogens is 282 g/mol. The van der Waals surface area contributed by atoms with Gasteiger partial charge in [-0.1, -0.05) is 24.3 Å². The van der Waals surface area contributed by atoms with Gasteiger partial charge in [-0.25, -0.2) is 5.43 Å². The topological polar surface area (TPSA) is 83.0 Å². The van der Waals surface area contributed by atoms with Crippen LogP contribution in [-0.4, -0.2) is 30.9 Å². The number of methoxy groups -OCH3 is 1. The number of nitrogens with one attached hydrogen (secondary N) is 2. The third kappa shape index (κ3) is 4.24. The largest absolute Gasteiger partial charge is 0.504 e. The number of anilines is 1. The predicted octanol–water partition coefficient (Wildman–Crippen LogP) is 1.96. The highest BCUT2D eigenvalue weighted by Crippen LogP contribution is 2.27. The third-order valence-electron chi connectivity index (χ3n) is 2.87. The number of aromatic hydroxyl groups is 1. The fourth-order valence-electron chi connectivity index (χ4n) is 1.76. The Kier molecular flexibility index (Phi) is 5.37. The molecule has 0 heterocycles. The van der Waals surface area contributed by atoms with Gasteiger partial charge in [-0.3, -0.25) is 4.79 Å². The van der Waals surface area contributed by atoms with E-state index in [1.54, 1.807) is 18.2 Å². The van der Waals surface area contributed by atoms with Crippen molar-refractivity contribution >= 4 is 17.8 Å². The SMILES string of the molecule is COc1cccc(C=NNC(=O)CNc2ccccc2)c1O. The molecule has 0 aliphatic carbocycles. The molecule has 0 bridgehead atoms. The van der Waals surface area contributed by atoms with Crippen molar-refractivity contribution < 1.29 is 14.6 Å². The van der Waals surface area contributed by atoms with E-state index in [4.69, 9.17) is 4.74 Å². The molecular formula is C16H17N3O3. The number of hydrogen-bond acceptors (Lipinski definition) is 5. The van der Waals surface area contributed by atoms with E-state index in [-0.39, 0.29) is 18.2 Å². The lowest BCUT2D eigenvalue weighted by atomic mass is 10.2. The van der Waals surface area contributed by atoms with Crippen LogP contribution in [-0.2, 0) is 4.79 Å². The molecule has 0 unspecified atom stereocenters. The number of para-hydroxylation sites is 2. The van der Waals surface area contributed by atoms with Crippen LogP contribution in [0.15, 0.2) is 53.6 Å². The second-order valence-electron chi connectivity index (χ2n) is 4.41. The van der Waals surface area contributed by atoms with Crippen molar-refractivity contribution in [3.05, 3.63) is 54.1 Å².